The first-order valence-corrected chi connectivity index (χ1v) is 8.53. The number of nitrogens with one attached hydrogen (secondary N) is 2. The van der Waals surface area contributed by atoms with Gasteiger partial charge in [0.15, 0.2) is 0 Å². The van der Waals surface area contributed by atoms with Crippen molar-refractivity contribution in [3.63, 3.8) is 0 Å². The maximum Gasteiger partial charge on any atom is 0.121 e. The summed E-state index contributed by atoms with van der Waals surface area (Å²) in [4.78, 5) is 0. The molecule has 0 unspecified atom stereocenters. The molecule has 0 fully saturated rings. The fourth-order valence-electron chi connectivity index (χ4n) is 2.22. The number of ether oxygens (including phenoxy) is 1. The molecule has 0 aliphatic heterocycles. The maximum absolute atomic E-state index is 6.03. The van der Waals surface area contributed by atoms with Gasteiger partial charge in [-0.15, -0.1) is 0 Å². The van der Waals surface area contributed by atoms with Gasteiger partial charge in [-0.05, 0) is 43.2 Å². The number of halogens is 1. The molecule has 23 heavy (non-hydrogen) atoms. The van der Waals surface area contributed by atoms with E-state index in [1.807, 2.05) is 36.4 Å². The van der Waals surface area contributed by atoms with Crippen LogP contribution >= 0.6 is 11.6 Å². The van der Waals surface area contributed by atoms with E-state index >= 15 is 0 Å². The topological polar surface area (TPSA) is 33.3 Å². The summed E-state index contributed by atoms with van der Waals surface area (Å²) in [6.45, 7) is 6.65. The van der Waals surface area contributed by atoms with Crippen molar-refractivity contribution in [1.82, 2.24) is 0 Å². The molecule has 3 nitrogen and oxygen atoms in total. The molecule has 0 saturated heterocycles. The number of rotatable bonds is 9. The standard InChI is InChI=1S/C19H25ClN2O/c1-3-4-12-23-18-7-5-6-17(14-18)21-10-11-22-19-13-16(20)9-8-15(19)2/h5-9,13-14,21-22H,3-4,10-12H2,1-2H3. The van der Waals surface area contributed by atoms with Gasteiger partial charge < -0.3 is 15.4 Å². The molecule has 0 saturated carbocycles. The second-order valence-corrected chi connectivity index (χ2v) is 5.98. The smallest absolute Gasteiger partial charge is 0.121 e. The SMILES string of the molecule is CCCCOc1cccc(NCCNc2cc(Cl)ccc2C)c1. The van der Waals surface area contributed by atoms with Crippen LogP contribution in [0.15, 0.2) is 42.5 Å². The molecule has 0 radical (unpaired) electrons. The van der Waals surface area contributed by atoms with Crippen molar-refractivity contribution >= 4 is 23.0 Å². The van der Waals surface area contributed by atoms with Crippen LogP contribution in [-0.4, -0.2) is 19.7 Å². The summed E-state index contributed by atoms with van der Waals surface area (Å²) in [6, 6.07) is 14.0. The van der Waals surface area contributed by atoms with E-state index in [-0.39, 0.29) is 0 Å². The summed E-state index contributed by atoms with van der Waals surface area (Å²) in [6.07, 6.45) is 2.23. The van der Waals surface area contributed by atoms with Gasteiger partial charge in [0.2, 0.25) is 0 Å². The van der Waals surface area contributed by atoms with Gasteiger partial charge in [-0.1, -0.05) is 37.1 Å². The first-order valence-electron chi connectivity index (χ1n) is 8.16. The van der Waals surface area contributed by atoms with Crippen LogP contribution in [0.5, 0.6) is 5.75 Å². The second-order valence-electron chi connectivity index (χ2n) is 5.54. The van der Waals surface area contributed by atoms with Crippen molar-refractivity contribution in [3.8, 4) is 5.75 Å². The molecule has 2 aromatic carbocycles. The minimum atomic E-state index is 0.753. The molecule has 124 valence electrons. The number of hydrogen-bond acceptors (Lipinski definition) is 3. The Balaban J connectivity index is 1.77. The Morgan fingerprint density at radius 2 is 1.87 bits per heavy atom. The molecule has 0 bridgehead atoms. The Kier molecular flexibility index (Phi) is 7.08. The van der Waals surface area contributed by atoms with Crippen LogP contribution in [0, 0.1) is 6.92 Å². The van der Waals surface area contributed by atoms with Crippen molar-refractivity contribution < 1.29 is 4.74 Å². The molecule has 0 amide bonds. The maximum atomic E-state index is 6.03. The number of aryl methyl sites for hydroxylation is 1. The lowest BCUT2D eigenvalue weighted by molar-refractivity contribution is 0.309. The zero-order valence-electron chi connectivity index (χ0n) is 13.9. The molecule has 0 aliphatic carbocycles. The van der Waals surface area contributed by atoms with E-state index in [1.54, 1.807) is 0 Å². The van der Waals surface area contributed by atoms with Gasteiger partial charge in [0.1, 0.15) is 5.75 Å². The Labute approximate surface area is 144 Å². The van der Waals surface area contributed by atoms with Gasteiger partial charge in [-0.25, -0.2) is 0 Å². The van der Waals surface area contributed by atoms with Crippen LogP contribution in [0.1, 0.15) is 25.3 Å². The van der Waals surface area contributed by atoms with Gasteiger partial charge in [-0.3, -0.25) is 0 Å². The second kappa shape index (κ2) is 9.31. The highest BCUT2D eigenvalue weighted by molar-refractivity contribution is 6.30. The molecule has 0 aromatic heterocycles. The van der Waals surface area contributed by atoms with Crippen LogP contribution in [0.25, 0.3) is 0 Å². The van der Waals surface area contributed by atoms with E-state index in [0.29, 0.717) is 0 Å². The molecule has 0 heterocycles. The monoisotopic (exact) mass is 332 g/mol. The molecule has 0 spiro atoms. The molecular weight excluding hydrogens is 308 g/mol. The third-order valence-corrected chi connectivity index (χ3v) is 3.80. The summed E-state index contributed by atoms with van der Waals surface area (Å²) < 4.78 is 5.72. The van der Waals surface area contributed by atoms with Crippen LogP contribution in [0.4, 0.5) is 11.4 Å². The highest BCUT2D eigenvalue weighted by atomic mass is 35.5. The van der Waals surface area contributed by atoms with Gasteiger partial charge >= 0.3 is 0 Å². The number of unbranched alkanes of at least 4 members (excludes halogenated alkanes) is 1. The highest BCUT2D eigenvalue weighted by Gasteiger charge is 1.99. The third-order valence-electron chi connectivity index (χ3n) is 3.57. The Morgan fingerprint density at radius 1 is 1.04 bits per heavy atom. The lowest BCUT2D eigenvalue weighted by atomic mass is 10.2. The van der Waals surface area contributed by atoms with E-state index in [9.17, 15) is 0 Å². The fourth-order valence-corrected chi connectivity index (χ4v) is 2.39. The normalized spacial score (nSPS) is 10.4. The van der Waals surface area contributed by atoms with Crippen LogP contribution < -0.4 is 15.4 Å². The lowest BCUT2D eigenvalue weighted by Crippen LogP contribution is -2.14. The molecule has 0 atom stereocenters. The predicted octanol–water partition coefficient (Wildman–Crippen LogP) is 5.35. The summed E-state index contributed by atoms with van der Waals surface area (Å²) in [7, 11) is 0. The van der Waals surface area contributed by atoms with E-state index in [0.717, 1.165) is 54.7 Å². The van der Waals surface area contributed by atoms with Gasteiger partial charge in [0.05, 0.1) is 6.61 Å². The van der Waals surface area contributed by atoms with Crippen LogP contribution in [0.2, 0.25) is 5.02 Å². The predicted molar refractivity (Wildman–Crippen MR) is 100 cm³/mol. The lowest BCUT2D eigenvalue weighted by Gasteiger charge is -2.12. The van der Waals surface area contributed by atoms with Gasteiger partial charge in [0, 0.05) is 35.6 Å². The van der Waals surface area contributed by atoms with Crippen molar-refractivity contribution in [2.75, 3.05) is 30.3 Å². The molecule has 2 rings (SSSR count). The molecule has 2 N–H and O–H groups in total. The fraction of sp³-hybridized carbons (Fsp3) is 0.368. The van der Waals surface area contributed by atoms with E-state index in [2.05, 4.69) is 30.5 Å². The quantitative estimate of drug-likeness (QED) is 0.607. The summed E-state index contributed by atoms with van der Waals surface area (Å²) in [5, 5.41) is 7.56. The largest absolute Gasteiger partial charge is 0.494 e. The van der Waals surface area contributed by atoms with Crippen molar-refractivity contribution in [2.45, 2.75) is 26.7 Å². The van der Waals surface area contributed by atoms with Gasteiger partial charge in [-0.2, -0.15) is 0 Å². The van der Waals surface area contributed by atoms with Crippen molar-refractivity contribution in [3.05, 3.63) is 53.1 Å². The highest BCUT2D eigenvalue weighted by Crippen LogP contribution is 2.20. The zero-order chi connectivity index (χ0) is 16.5. The molecular formula is C19H25ClN2O. The minimum Gasteiger partial charge on any atom is -0.494 e. The summed E-state index contributed by atoms with van der Waals surface area (Å²) in [5.41, 5.74) is 3.35. The number of benzene rings is 2. The van der Waals surface area contributed by atoms with E-state index in [4.69, 9.17) is 16.3 Å². The third kappa shape index (κ3) is 6.03. The van der Waals surface area contributed by atoms with Crippen molar-refractivity contribution in [1.29, 1.82) is 0 Å². The van der Waals surface area contributed by atoms with E-state index in [1.165, 1.54) is 5.56 Å². The zero-order valence-corrected chi connectivity index (χ0v) is 14.6. The Morgan fingerprint density at radius 3 is 2.70 bits per heavy atom. The van der Waals surface area contributed by atoms with Gasteiger partial charge in [0.25, 0.3) is 0 Å². The minimum absolute atomic E-state index is 0.753. The average Bonchev–Trinajstić information content (AvgIpc) is 2.55. The van der Waals surface area contributed by atoms with Crippen LogP contribution in [-0.2, 0) is 0 Å². The molecule has 4 heteroatoms. The number of hydrogen-bond donors (Lipinski definition) is 2. The van der Waals surface area contributed by atoms with Crippen molar-refractivity contribution in [2.24, 2.45) is 0 Å². The van der Waals surface area contributed by atoms with E-state index < -0.39 is 0 Å². The van der Waals surface area contributed by atoms with Crippen LogP contribution in [0.3, 0.4) is 0 Å². The Hall–Kier alpha value is -1.87. The first kappa shape index (κ1) is 17.5. The number of anilines is 2. The molecule has 2 aromatic rings. The molecule has 0 aliphatic rings. The summed E-state index contributed by atoms with van der Waals surface area (Å²) >= 11 is 6.03. The average molecular weight is 333 g/mol. The first-order chi connectivity index (χ1) is 11.2. The summed E-state index contributed by atoms with van der Waals surface area (Å²) in [5.74, 6) is 0.919. The Bertz CT molecular complexity index is 616.